The second-order valence-corrected chi connectivity index (χ2v) is 6.74. The lowest BCUT2D eigenvalue weighted by molar-refractivity contribution is 0.00384. The number of nitrogens with two attached hydrogens (primary N) is 1. The van der Waals surface area contributed by atoms with E-state index in [0.29, 0.717) is 12.0 Å². The van der Waals surface area contributed by atoms with Gasteiger partial charge in [-0.05, 0) is 65.0 Å². The van der Waals surface area contributed by atoms with Gasteiger partial charge in [0.15, 0.2) is 0 Å². The third kappa shape index (κ3) is 4.10. The van der Waals surface area contributed by atoms with Crippen molar-refractivity contribution < 1.29 is 9.53 Å². The lowest BCUT2D eigenvalue weighted by Crippen LogP contribution is -2.44. The minimum atomic E-state index is -0.654. The standard InChI is InChI=1S/C15H28N2O2/c1-15(2,19-14(16)18)11-12-7-3-4-8-13(12)17-9-5-6-10-17/h12-13H,3-11H2,1-2H3,(H2,16,18). The Balaban J connectivity index is 1.96. The fourth-order valence-electron chi connectivity index (χ4n) is 3.93. The minimum Gasteiger partial charge on any atom is -0.444 e. The molecule has 1 aliphatic carbocycles. The van der Waals surface area contributed by atoms with E-state index in [4.69, 9.17) is 10.5 Å². The Labute approximate surface area is 116 Å². The fourth-order valence-corrected chi connectivity index (χ4v) is 3.93. The zero-order valence-corrected chi connectivity index (χ0v) is 12.4. The highest BCUT2D eigenvalue weighted by Gasteiger charge is 2.36. The van der Waals surface area contributed by atoms with E-state index in [9.17, 15) is 4.79 Å². The first kappa shape index (κ1) is 14.6. The minimum absolute atomic E-state index is 0.439. The van der Waals surface area contributed by atoms with Gasteiger partial charge in [0.25, 0.3) is 0 Å². The molecular formula is C15H28N2O2. The number of primary amides is 1. The second-order valence-electron chi connectivity index (χ2n) is 6.74. The van der Waals surface area contributed by atoms with Crippen molar-refractivity contribution in [2.75, 3.05) is 13.1 Å². The third-order valence-corrected chi connectivity index (χ3v) is 4.61. The topological polar surface area (TPSA) is 55.6 Å². The molecule has 2 unspecified atom stereocenters. The van der Waals surface area contributed by atoms with Gasteiger partial charge in [-0.2, -0.15) is 0 Å². The van der Waals surface area contributed by atoms with Crippen LogP contribution in [0.5, 0.6) is 0 Å². The summed E-state index contributed by atoms with van der Waals surface area (Å²) in [5.41, 5.74) is 4.73. The Hall–Kier alpha value is -0.770. The van der Waals surface area contributed by atoms with Gasteiger partial charge >= 0.3 is 6.09 Å². The van der Waals surface area contributed by atoms with Crippen LogP contribution in [0.15, 0.2) is 0 Å². The largest absolute Gasteiger partial charge is 0.444 e. The van der Waals surface area contributed by atoms with Crippen molar-refractivity contribution in [1.29, 1.82) is 0 Å². The Morgan fingerprint density at radius 2 is 1.84 bits per heavy atom. The molecule has 2 atom stereocenters. The van der Waals surface area contributed by atoms with Crippen LogP contribution in [-0.4, -0.2) is 35.7 Å². The van der Waals surface area contributed by atoms with Crippen LogP contribution in [0, 0.1) is 5.92 Å². The normalized spacial score (nSPS) is 29.4. The lowest BCUT2D eigenvalue weighted by atomic mass is 9.78. The zero-order chi connectivity index (χ0) is 13.9. The molecule has 1 heterocycles. The molecule has 0 radical (unpaired) electrons. The number of carbonyl (C=O) groups excluding carboxylic acids is 1. The van der Waals surface area contributed by atoms with E-state index in [0.717, 1.165) is 6.42 Å². The Kier molecular flexibility index (Phi) is 4.71. The molecule has 0 aromatic heterocycles. The fraction of sp³-hybridized carbons (Fsp3) is 0.933. The van der Waals surface area contributed by atoms with E-state index in [1.165, 1.54) is 51.6 Å². The van der Waals surface area contributed by atoms with Gasteiger partial charge in [-0.25, -0.2) is 4.79 Å². The first-order valence-corrected chi connectivity index (χ1v) is 7.70. The lowest BCUT2D eigenvalue weighted by Gasteiger charge is -2.41. The van der Waals surface area contributed by atoms with Gasteiger partial charge in [0.05, 0.1) is 0 Å². The third-order valence-electron chi connectivity index (χ3n) is 4.61. The van der Waals surface area contributed by atoms with Gasteiger partial charge in [-0.3, -0.25) is 0 Å². The smallest absolute Gasteiger partial charge is 0.405 e. The Morgan fingerprint density at radius 1 is 1.21 bits per heavy atom. The SMILES string of the molecule is CC(C)(CC1CCCCC1N1CCCC1)OC(N)=O. The highest BCUT2D eigenvalue weighted by molar-refractivity contribution is 5.65. The van der Waals surface area contributed by atoms with E-state index in [2.05, 4.69) is 4.90 Å². The molecule has 0 bridgehead atoms. The molecule has 1 saturated heterocycles. The van der Waals surface area contributed by atoms with Crippen molar-refractivity contribution in [3.05, 3.63) is 0 Å². The first-order valence-electron chi connectivity index (χ1n) is 7.70. The summed E-state index contributed by atoms with van der Waals surface area (Å²) in [6.45, 7) is 6.46. The van der Waals surface area contributed by atoms with Gasteiger partial charge in [-0.15, -0.1) is 0 Å². The Bertz CT molecular complexity index is 311. The van der Waals surface area contributed by atoms with E-state index in [1.807, 2.05) is 13.8 Å². The van der Waals surface area contributed by atoms with Gasteiger partial charge < -0.3 is 15.4 Å². The average Bonchev–Trinajstić information content (AvgIpc) is 2.80. The first-order chi connectivity index (χ1) is 8.98. The van der Waals surface area contributed by atoms with Crippen LogP contribution < -0.4 is 5.73 Å². The quantitative estimate of drug-likeness (QED) is 0.853. The summed E-state index contributed by atoms with van der Waals surface area (Å²) >= 11 is 0. The van der Waals surface area contributed by atoms with Crippen LogP contribution in [0.25, 0.3) is 0 Å². The van der Waals surface area contributed by atoms with Crippen molar-refractivity contribution in [3.63, 3.8) is 0 Å². The maximum atomic E-state index is 11.0. The highest BCUT2D eigenvalue weighted by Crippen LogP contribution is 2.36. The molecule has 0 spiro atoms. The molecule has 2 N–H and O–H groups in total. The summed E-state index contributed by atoms with van der Waals surface area (Å²) in [6.07, 6.45) is 8.16. The number of ether oxygens (including phenoxy) is 1. The van der Waals surface area contributed by atoms with Crippen molar-refractivity contribution in [3.8, 4) is 0 Å². The molecule has 19 heavy (non-hydrogen) atoms. The summed E-state index contributed by atoms with van der Waals surface area (Å²) in [6, 6.07) is 0.687. The molecule has 4 heteroatoms. The maximum absolute atomic E-state index is 11.0. The number of hydrogen-bond donors (Lipinski definition) is 1. The zero-order valence-electron chi connectivity index (χ0n) is 12.4. The Morgan fingerprint density at radius 3 is 2.47 bits per heavy atom. The molecule has 0 aromatic rings. The van der Waals surface area contributed by atoms with Crippen LogP contribution in [0.2, 0.25) is 0 Å². The number of rotatable bonds is 4. The maximum Gasteiger partial charge on any atom is 0.405 e. The molecule has 2 aliphatic rings. The predicted octanol–water partition coefficient (Wildman–Crippen LogP) is 2.91. The van der Waals surface area contributed by atoms with Crippen molar-refractivity contribution in [2.45, 2.75) is 70.4 Å². The second kappa shape index (κ2) is 6.12. The van der Waals surface area contributed by atoms with E-state index in [1.54, 1.807) is 0 Å². The number of hydrogen-bond acceptors (Lipinski definition) is 3. The average molecular weight is 268 g/mol. The molecule has 110 valence electrons. The van der Waals surface area contributed by atoms with Crippen LogP contribution in [-0.2, 0) is 4.74 Å². The van der Waals surface area contributed by atoms with Gasteiger partial charge in [0, 0.05) is 6.04 Å². The monoisotopic (exact) mass is 268 g/mol. The summed E-state index contributed by atoms with van der Waals surface area (Å²) < 4.78 is 5.27. The molecule has 1 aliphatic heterocycles. The molecule has 2 fully saturated rings. The van der Waals surface area contributed by atoms with Crippen molar-refractivity contribution in [2.24, 2.45) is 11.7 Å². The summed E-state index contributed by atoms with van der Waals surface area (Å²) in [7, 11) is 0. The van der Waals surface area contributed by atoms with Crippen molar-refractivity contribution in [1.82, 2.24) is 4.90 Å². The van der Waals surface area contributed by atoms with E-state index >= 15 is 0 Å². The predicted molar refractivity (Wildman–Crippen MR) is 75.9 cm³/mol. The number of likely N-dealkylation sites (tertiary alicyclic amines) is 1. The van der Waals surface area contributed by atoms with Crippen LogP contribution >= 0.6 is 0 Å². The van der Waals surface area contributed by atoms with E-state index < -0.39 is 11.7 Å². The molecule has 2 rings (SSSR count). The molecule has 1 amide bonds. The van der Waals surface area contributed by atoms with Crippen LogP contribution in [0.1, 0.15) is 58.8 Å². The van der Waals surface area contributed by atoms with Gasteiger partial charge in [0.2, 0.25) is 0 Å². The van der Waals surface area contributed by atoms with Crippen molar-refractivity contribution >= 4 is 6.09 Å². The van der Waals surface area contributed by atoms with Gasteiger partial charge in [-0.1, -0.05) is 12.8 Å². The van der Waals surface area contributed by atoms with Gasteiger partial charge in [0.1, 0.15) is 5.60 Å². The van der Waals surface area contributed by atoms with E-state index in [-0.39, 0.29) is 0 Å². The highest BCUT2D eigenvalue weighted by atomic mass is 16.6. The summed E-state index contributed by atoms with van der Waals surface area (Å²) in [5, 5.41) is 0. The number of amides is 1. The summed E-state index contributed by atoms with van der Waals surface area (Å²) in [5.74, 6) is 0.640. The van der Waals surface area contributed by atoms with Crippen LogP contribution in [0.3, 0.4) is 0 Å². The number of nitrogens with zero attached hydrogens (tertiary/aromatic N) is 1. The van der Waals surface area contributed by atoms with Crippen LogP contribution in [0.4, 0.5) is 4.79 Å². The molecule has 0 aromatic carbocycles. The molecule has 4 nitrogen and oxygen atoms in total. The molecule has 1 saturated carbocycles. The number of carbonyl (C=O) groups is 1. The molecular weight excluding hydrogens is 240 g/mol. The summed E-state index contributed by atoms with van der Waals surface area (Å²) in [4.78, 5) is 13.6.